The molecule has 0 radical (unpaired) electrons. The number of carbonyl (C=O) groups excluding carboxylic acids is 1. The van der Waals surface area contributed by atoms with Crippen LogP contribution in [0.3, 0.4) is 0 Å². The summed E-state index contributed by atoms with van der Waals surface area (Å²) in [7, 11) is 0. The number of aromatic nitrogens is 1. The van der Waals surface area contributed by atoms with Crippen LogP contribution in [0.2, 0.25) is 0 Å². The Balaban J connectivity index is 1.72. The number of para-hydroxylation sites is 1. The summed E-state index contributed by atoms with van der Waals surface area (Å²) >= 11 is 0. The lowest BCUT2D eigenvalue weighted by molar-refractivity contribution is 0.101. The van der Waals surface area contributed by atoms with Crippen molar-refractivity contribution >= 4 is 22.7 Å². The van der Waals surface area contributed by atoms with Crippen molar-refractivity contribution in [1.82, 2.24) is 4.57 Å². The Morgan fingerprint density at radius 3 is 2.69 bits per heavy atom. The van der Waals surface area contributed by atoms with Gasteiger partial charge in [0.2, 0.25) is 0 Å². The Morgan fingerprint density at radius 2 is 1.88 bits per heavy atom. The van der Waals surface area contributed by atoms with Crippen LogP contribution in [0.15, 0.2) is 71.3 Å². The van der Waals surface area contributed by atoms with Crippen molar-refractivity contribution in [2.75, 3.05) is 5.32 Å². The molecule has 1 amide bonds. The Kier molecular flexibility index (Phi) is 4.01. The molecule has 0 aliphatic rings. The number of furan rings is 1. The van der Waals surface area contributed by atoms with Crippen molar-refractivity contribution in [1.29, 1.82) is 0 Å². The van der Waals surface area contributed by atoms with Crippen LogP contribution in [0, 0.1) is 11.6 Å². The smallest absolute Gasteiger partial charge is 0.272 e. The third-order valence-electron chi connectivity index (χ3n) is 4.11. The summed E-state index contributed by atoms with van der Waals surface area (Å²) in [4.78, 5) is 12.7. The van der Waals surface area contributed by atoms with Crippen molar-refractivity contribution in [2.24, 2.45) is 0 Å². The lowest BCUT2D eigenvalue weighted by Gasteiger charge is -2.11. The molecule has 4 nitrogen and oxygen atoms in total. The number of carbonyl (C=O) groups is 1. The van der Waals surface area contributed by atoms with E-state index in [1.807, 2.05) is 0 Å². The number of nitrogens with zero attached hydrogens (tertiary/aromatic N) is 1. The maximum atomic E-state index is 13.8. The zero-order valence-electron chi connectivity index (χ0n) is 13.6. The zero-order valence-corrected chi connectivity index (χ0v) is 13.6. The monoisotopic (exact) mass is 352 g/mol. The molecule has 0 unspecified atom stereocenters. The van der Waals surface area contributed by atoms with Crippen LogP contribution in [0.1, 0.15) is 16.1 Å². The summed E-state index contributed by atoms with van der Waals surface area (Å²) < 4.78 is 34.4. The van der Waals surface area contributed by atoms with E-state index in [-0.39, 0.29) is 18.0 Å². The number of hydrogen-bond acceptors (Lipinski definition) is 2. The average molecular weight is 352 g/mol. The fourth-order valence-corrected chi connectivity index (χ4v) is 2.90. The van der Waals surface area contributed by atoms with E-state index >= 15 is 0 Å². The van der Waals surface area contributed by atoms with Gasteiger partial charge >= 0.3 is 0 Å². The van der Waals surface area contributed by atoms with Crippen molar-refractivity contribution in [3.05, 3.63) is 89.8 Å². The van der Waals surface area contributed by atoms with E-state index in [2.05, 4.69) is 5.32 Å². The molecule has 0 aliphatic heterocycles. The fraction of sp³-hybridized carbons (Fsp3) is 0.0500. The molecule has 0 aliphatic carbocycles. The molecule has 0 spiro atoms. The zero-order chi connectivity index (χ0) is 18.1. The van der Waals surface area contributed by atoms with Crippen LogP contribution >= 0.6 is 0 Å². The van der Waals surface area contributed by atoms with E-state index in [4.69, 9.17) is 4.42 Å². The van der Waals surface area contributed by atoms with Gasteiger partial charge in [-0.25, -0.2) is 8.78 Å². The van der Waals surface area contributed by atoms with E-state index in [1.165, 1.54) is 30.5 Å². The van der Waals surface area contributed by atoms with Crippen LogP contribution in [0.5, 0.6) is 0 Å². The second kappa shape index (κ2) is 6.48. The van der Waals surface area contributed by atoms with Crippen LogP contribution in [0.4, 0.5) is 14.5 Å². The second-order valence-electron chi connectivity index (χ2n) is 5.85. The summed E-state index contributed by atoms with van der Waals surface area (Å²) in [6, 6.07) is 15.4. The van der Waals surface area contributed by atoms with Gasteiger partial charge in [-0.2, -0.15) is 0 Å². The van der Waals surface area contributed by atoms with Gasteiger partial charge in [0.05, 0.1) is 17.5 Å². The molecule has 4 aromatic rings. The minimum atomic E-state index is -0.521. The third-order valence-corrected chi connectivity index (χ3v) is 4.11. The standard InChI is InChI=1S/C20H14F2N2O2/c21-14-5-3-4-13(10-14)12-24-17-8-9-26-19(17)11-18(24)20(25)23-16-7-2-1-6-15(16)22/h1-11H,12H2,(H,23,25). The first-order chi connectivity index (χ1) is 12.6. The van der Waals surface area contributed by atoms with Crippen LogP contribution in [-0.2, 0) is 6.54 Å². The highest BCUT2D eigenvalue weighted by Gasteiger charge is 2.19. The van der Waals surface area contributed by atoms with Gasteiger partial charge < -0.3 is 14.3 Å². The Labute approximate surface area is 147 Å². The van der Waals surface area contributed by atoms with Crippen molar-refractivity contribution in [3.8, 4) is 0 Å². The molecule has 0 fully saturated rings. The topological polar surface area (TPSA) is 47.2 Å². The normalized spacial score (nSPS) is 11.0. The van der Waals surface area contributed by atoms with Crippen molar-refractivity contribution in [2.45, 2.75) is 6.54 Å². The predicted molar refractivity (Wildman–Crippen MR) is 94.1 cm³/mol. The molecule has 26 heavy (non-hydrogen) atoms. The Morgan fingerprint density at radius 1 is 1.04 bits per heavy atom. The number of fused-ring (bicyclic) bond motifs is 1. The summed E-state index contributed by atoms with van der Waals surface area (Å²) in [5.74, 6) is -1.35. The molecule has 1 N–H and O–H groups in total. The molecule has 0 saturated carbocycles. The molecular formula is C20H14F2N2O2. The number of nitrogens with one attached hydrogen (secondary N) is 1. The molecule has 6 heteroatoms. The fourth-order valence-electron chi connectivity index (χ4n) is 2.90. The van der Waals surface area contributed by atoms with Crippen LogP contribution in [0.25, 0.3) is 11.1 Å². The quantitative estimate of drug-likeness (QED) is 0.573. The molecule has 4 rings (SSSR count). The van der Waals surface area contributed by atoms with Crippen molar-refractivity contribution < 1.29 is 18.0 Å². The largest absolute Gasteiger partial charge is 0.463 e. The number of amides is 1. The maximum absolute atomic E-state index is 13.8. The minimum absolute atomic E-state index is 0.0904. The van der Waals surface area contributed by atoms with Gasteiger partial charge in [-0.05, 0) is 29.8 Å². The maximum Gasteiger partial charge on any atom is 0.272 e. The van der Waals surface area contributed by atoms with E-state index in [1.54, 1.807) is 41.0 Å². The average Bonchev–Trinajstić information content (AvgIpc) is 3.20. The highest BCUT2D eigenvalue weighted by Crippen LogP contribution is 2.24. The van der Waals surface area contributed by atoms with E-state index < -0.39 is 11.7 Å². The van der Waals surface area contributed by atoms with Gasteiger partial charge in [0.25, 0.3) is 5.91 Å². The first kappa shape index (κ1) is 16.1. The van der Waals surface area contributed by atoms with Gasteiger partial charge in [-0.3, -0.25) is 4.79 Å². The van der Waals surface area contributed by atoms with Gasteiger partial charge in [0, 0.05) is 18.7 Å². The molecule has 2 aromatic carbocycles. The predicted octanol–water partition coefficient (Wildman–Crippen LogP) is 4.81. The Hall–Kier alpha value is -3.41. The van der Waals surface area contributed by atoms with E-state index in [0.717, 1.165) is 0 Å². The first-order valence-corrected chi connectivity index (χ1v) is 7.99. The SMILES string of the molecule is O=C(Nc1ccccc1F)c1cc2occc2n1Cc1cccc(F)c1. The highest BCUT2D eigenvalue weighted by atomic mass is 19.1. The lowest BCUT2D eigenvalue weighted by Crippen LogP contribution is -2.18. The number of halogens is 2. The lowest BCUT2D eigenvalue weighted by atomic mass is 10.2. The van der Waals surface area contributed by atoms with E-state index in [9.17, 15) is 13.6 Å². The summed E-state index contributed by atoms with van der Waals surface area (Å²) in [5, 5.41) is 2.56. The van der Waals surface area contributed by atoms with Crippen LogP contribution in [-0.4, -0.2) is 10.5 Å². The van der Waals surface area contributed by atoms with Crippen LogP contribution < -0.4 is 5.32 Å². The third kappa shape index (κ3) is 2.97. The second-order valence-corrected chi connectivity index (χ2v) is 5.85. The van der Waals surface area contributed by atoms with Crippen molar-refractivity contribution in [3.63, 3.8) is 0 Å². The number of anilines is 1. The minimum Gasteiger partial charge on any atom is -0.463 e. The van der Waals surface area contributed by atoms with E-state index in [0.29, 0.717) is 22.4 Å². The molecule has 0 bridgehead atoms. The van der Waals surface area contributed by atoms with Gasteiger partial charge in [0.1, 0.15) is 17.3 Å². The number of rotatable bonds is 4. The summed E-state index contributed by atoms with van der Waals surface area (Å²) in [6.07, 6.45) is 1.52. The Bertz CT molecular complexity index is 1100. The molecule has 2 heterocycles. The number of benzene rings is 2. The summed E-state index contributed by atoms with van der Waals surface area (Å²) in [6.45, 7) is 0.279. The first-order valence-electron chi connectivity index (χ1n) is 7.99. The molecular weight excluding hydrogens is 338 g/mol. The van der Waals surface area contributed by atoms with Gasteiger partial charge in [0.15, 0.2) is 5.58 Å². The highest BCUT2D eigenvalue weighted by molar-refractivity contribution is 6.05. The van der Waals surface area contributed by atoms with Gasteiger partial charge in [-0.1, -0.05) is 24.3 Å². The molecule has 130 valence electrons. The molecule has 2 aromatic heterocycles. The summed E-state index contributed by atoms with van der Waals surface area (Å²) in [5.41, 5.74) is 2.32. The molecule has 0 saturated heterocycles. The van der Waals surface area contributed by atoms with Gasteiger partial charge in [-0.15, -0.1) is 0 Å². The number of hydrogen-bond donors (Lipinski definition) is 1. The molecule has 0 atom stereocenters.